The van der Waals surface area contributed by atoms with Crippen LogP contribution in [-0.2, 0) is 19.9 Å². The summed E-state index contributed by atoms with van der Waals surface area (Å²) in [6, 6.07) is -0.212. The van der Waals surface area contributed by atoms with Gasteiger partial charge in [0.1, 0.15) is 9.84 Å². The number of sulfone groups is 1. The van der Waals surface area contributed by atoms with E-state index in [0.29, 0.717) is 25.2 Å². The van der Waals surface area contributed by atoms with Crippen molar-refractivity contribution in [1.82, 2.24) is 10.0 Å². The zero-order valence-corrected chi connectivity index (χ0v) is 13.3. The van der Waals surface area contributed by atoms with E-state index in [0.717, 1.165) is 25.9 Å². The van der Waals surface area contributed by atoms with Gasteiger partial charge in [0, 0.05) is 6.04 Å². The van der Waals surface area contributed by atoms with Gasteiger partial charge in [-0.25, -0.2) is 21.6 Å². The first-order valence-electron chi connectivity index (χ1n) is 7.27. The van der Waals surface area contributed by atoms with Gasteiger partial charge in [-0.2, -0.15) is 0 Å². The molecule has 0 amide bonds. The SMILES string of the molecule is O=S1(=O)CCC(NS(=O)(=O)CCC2CCNCC2)CC1. The predicted octanol–water partition coefficient (Wildman–Crippen LogP) is -0.127. The molecule has 0 aliphatic carbocycles. The molecule has 6 nitrogen and oxygen atoms in total. The molecule has 2 rings (SSSR count). The lowest BCUT2D eigenvalue weighted by atomic mass is 9.96. The first kappa shape index (κ1) is 16.2. The minimum atomic E-state index is -3.28. The zero-order chi connectivity index (χ0) is 14.6. The van der Waals surface area contributed by atoms with Crippen molar-refractivity contribution in [3.8, 4) is 0 Å². The van der Waals surface area contributed by atoms with Crippen LogP contribution in [0.15, 0.2) is 0 Å². The Morgan fingerprint density at radius 2 is 1.65 bits per heavy atom. The molecule has 0 aromatic heterocycles. The summed E-state index contributed by atoms with van der Waals surface area (Å²) in [5.74, 6) is 0.823. The number of hydrogen-bond acceptors (Lipinski definition) is 5. The maximum Gasteiger partial charge on any atom is 0.211 e. The fraction of sp³-hybridized carbons (Fsp3) is 1.00. The smallest absolute Gasteiger partial charge is 0.211 e. The molecule has 2 heterocycles. The van der Waals surface area contributed by atoms with E-state index in [1.807, 2.05) is 0 Å². The first-order valence-corrected chi connectivity index (χ1v) is 10.7. The van der Waals surface area contributed by atoms with Crippen LogP contribution in [0.4, 0.5) is 0 Å². The highest BCUT2D eigenvalue weighted by molar-refractivity contribution is 7.91. The monoisotopic (exact) mass is 324 g/mol. The van der Waals surface area contributed by atoms with Crippen molar-refractivity contribution in [3.05, 3.63) is 0 Å². The van der Waals surface area contributed by atoms with E-state index < -0.39 is 19.9 Å². The van der Waals surface area contributed by atoms with E-state index in [9.17, 15) is 16.8 Å². The lowest BCUT2D eigenvalue weighted by Crippen LogP contribution is -2.42. The summed E-state index contributed by atoms with van der Waals surface area (Å²) in [6.07, 6.45) is 3.57. The average Bonchev–Trinajstić information content (AvgIpc) is 2.40. The van der Waals surface area contributed by atoms with Gasteiger partial charge in [-0.1, -0.05) is 0 Å². The molecule has 2 aliphatic rings. The highest BCUT2D eigenvalue weighted by atomic mass is 32.2. The van der Waals surface area contributed by atoms with E-state index >= 15 is 0 Å². The highest BCUT2D eigenvalue weighted by Crippen LogP contribution is 2.18. The quantitative estimate of drug-likeness (QED) is 0.735. The normalized spacial score (nSPS) is 25.6. The summed E-state index contributed by atoms with van der Waals surface area (Å²) in [6.45, 7) is 1.94. The number of sulfonamides is 1. The van der Waals surface area contributed by atoms with Crippen molar-refractivity contribution in [3.63, 3.8) is 0 Å². The van der Waals surface area contributed by atoms with Gasteiger partial charge in [-0.3, -0.25) is 0 Å². The third-order valence-corrected chi connectivity index (χ3v) is 7.34. The Morgan fingerprint density at radius 1 is 1.05 bits per heavy atom. The van der Waals surface area contributed by atoms with Crippen molar-refractivity contribution < 1.29 is 16.8 Å². The van der Waals surface area contributed by atoms with Gasteiger partial charge in [0.2, 0.25) is 10.0 Å². The van der Waals surface area contributed by atoms with E-state index in [1.54, 1.807) is 0 Å². The van der Waals surface area contributed by atoms with Crippen molar-refractivity contribution >= 4 is 19.9 Å². The van der Waals surface area contributed by atoms with Crippen LogP contribution in [0.1, 0.15) is 32.1 Å². The van der Waals surface area contributed by atoms with Crippen LogP contribution in [0.3, 0.4) is 0 Å². The predicted molar refractivity (Wildman–Crippen MR) is 78.8 cm³/mol. The molecule has 8 heteroatoms. The van der Waals surface area contributed by atoms with Crippen molar-refractivity contribution in [2.24, 2.45) is 5.92 Å². The molecular weight excluding hydrogens is 300 g/mol. The molecule has 0 saturated carbocycles. The zero-order valence-electron chi connectivity index (χ0n) is 11.7. The summed E-state index contributed by atoms with van der Waals surface area (Å²) in [4.78, 5) is 0. The minimum absolute atomic E-state index is 0.0917. The van der Waals surface area contributed by atoms with Gasteiger partial charge in [0.15, 0.2) is 0 Å². The van der Waals surface area contributed by atoms with E-state index in [1.165, 1.54) is 0 Å². The molecule has 0 radical (unpaired) electrons. The van der Waals surface area contributed by atoms with Crippen LogP contribution in [0.2, 0.25) is 0 Å². The van der Waals surface area contributed by atoms with Crippen LogP contribution in [0.25, 0.3) is 0 Å². The number of rotatable bonds is 5. The second-order valence-corrected chi connectivity index (χ2v) is 10.0. The van der Waals surface area contributed by atoms with Crippen LogP contribution in [-0.4, -0.2) is 53.2 Å². The third kappa shape index (κ3) is 5.31. The Bertz CT molecular complexity index is 496. The highest BCUT2D eigenvalue weighted by Gasteiger charge is 2.27. The Kier molecular flexibility index (Phi) is 5.44. The van der Waals surface area contributed by atoms with Crippen LogP contribution < -0.4 is 10.0 Å². The molecule has 0 bridgehead atoms. The molecule has 0 aromatic carbocycles. The molecule has 0 atom stereocenters. The summed E-state index contributed by atoms with van der Waals surface area (Å²) in [7, 11) is -6.23. The Hall–Kier alpha value is -0.180. The van der Waals surface area contributed by atoms with E-state index in [2.05, 4.69) is 10.0 Å². The van der Waals surface area contributed by atoms with Gasteiger partial charge in [-0.15, -0.1) is 0 Å². The van der Waals surface area contributed by atoms with Crippen molar-refractivity contribution in [2.45, 2.75) is 38.1 Å². The van der Waals surface area contributed by atoms with Gasteiger partial charge >= 0.3 is 0 Å². The molecule has 0 aromatic rings. The van der Waals surface area contributed by atoms with Crippen LogP contribution in [0.5, 0.6) is 0 Å². The molecule has 0 unspecified atom stereocenters. The number of piperidine rings is 1. The second kappa shape index (κ2) is 6.72. The third-order valence-electron chi connectivity index (χ3n) is 4.15. The average molecular weight is 324 g/mol. The van der Waals surface area contributed by atoms with Crippen LogP contribution in [0, 0.1) is 5.92 Å². The van der Waals surface area contributed by atoms with E-state index in [-0.39, 0.29) is 23.3 Å². The van der Waals surface area contributed by atoms with Gasteiger partial charge < -0.3 is 5.32 Å². The maximum atomic E-state index is 12.0. The molecule has 20 heavy (non-hydrogen) atoms. The molecule has 2 N–H and O–H groups in total. The summed E-state index contributed by atoms with van der Waals surface area (Å²) in [5.41, 5.74) is 0. The molecule has 2 saturated heterocycles. The number of hydrogen-bond donors (Lipinski definition) is 2. The fourth-order valence-corrected chi connectivity index (χ4v) is 5.81. The minimum Gasteiger partial charge on any atom is -0.317 e. The van der Waals surface area contributed by atoms with E-state index in [4.69, 9.17) is 0 Å². The number of nitrogens with one attached hydrogen (secondary N) is 2. The molecule has 0 spiro atoms. The van der Waals surface area contributed by atoms with Gasteiger partial charge in [0.25, 0.3) is 0 Å². The Labute approximate surface area is 121 Å². The molecule has 2 fully saturated rings. The van der Waals surface area contributed by atoms with Crippen molar-refractivity contribution in [1.29, 1.82) is 0 Å². The topological polar surface area (TPSA) is 92.3 Å². The largest absolute Gasteiger partial charge is 0.317 e. The summed E-state index contributed by atoms with van der Waals surface area (Å²) in [5, 5.41) is 3.26. The summed E-state index contributed by atoms with van der Waals surface area (Å²) >= 11 is 0. The van der Waals surface area contributed by atoms with Gasteiger partial charge in [0.05, 0.1) is 17.3 Å². The van der Waals surface area contributed by atoms with Crippen LogP contribution >= 0.6 is 0 Å². The Morgan fingerprint density at radius 3 is 2.25 bits per heavy atom. The molecule has 118 valence electrons. The lowest BCUT2D eigenvalue weighted by Gasteiger charge is -2.25. The lowest BCUT2D eigenvalue weighted by molar-refractivity contribution is 0.364. The maximum absolute atomic E-state index is 12.0. The second-order valence-electron chi connectivity index (χ2n) is 5.84. The first-order chi connectivity index (χ1) is 9.36. The standard InChI is InChI=1S/C12H24N2O4S2/c15-19(16)8-4-12(5-9-19)14-20(17,18)10-3-11-1-6-13-7-2-11/h11-14H,1-10H2. The Balaban J connectivity index is 1.76. The fourth-order valence-electron chi connectivity index (χ4n) is 2.81. The van der Waals surface area contributed by atoms with Crippen molar-refractivity contribution in [2.75, 3.05) is 30.3 Å². The molecule has 2 aliphatic heterocycles. The summed E-state index contributed by atoms with van der Waals surface area (Å²) < 4.78 is 49.3. The molecular formula is C12H24N2O4S2. The van der Waals surface area contributed by atoms with Gasteiger partial charge in [-0.05, 0) is 51.1 Å².